The van der Waals surface area contributed by atoms with Gasteiger partial charge < -0.3 is 4.74 Å². The van der Waals surface area contributed by atoms with Gasteiger partial charge in [0.1, 0.15) is 5.75 Å². The Bertz CT molecular complexity index is 1820. The summed E-state index contributed by atoms with van der Waals surface area (Å²) in [6.07, 6.45) is 1.60. The van der Waals surface area contributed by atoms with E-state index in [0.29, 0.717) is 11.4 Å². The lowest BCUT2D eigenvalue weighted by atomic mass is 9.47. The predicted octanol–water partition coefficient (Wildman–Crippen LogP) is 5.23. The SMILES string of the molecule is CC(=O)Oc1ccc(N2C(=O)[C@@H]3[C@@H](C2=O)C2c4ccccc4C3(/C=N\NC(=O)c3ccccc3Cl)c3ccccc32)cc1. The molecule has 4 aromatic rings. The zero-order chi connectivity index (χ0) is 29.9. The Morgan fingerprint density at radius 1 is 0.860 bits per heavy atom. The molecule has 1 saturated heterocycles. The fourth-order valence-electron chi connectivity index (χ4n) is 7.03. The van der Waals surface area contributed by atoms with Gasteiger partial charge >= 0.3 is 5.97 Å². The predicted molar refractivity (Wildman–Crippen MR) is 160 cm³/mol. The lowest BCUT2D eigenvalue weighted by Crippen LogP contribution is -2.54. The molecule has 9 heteroatoms. The number of carbonyl (C=O) groups is 4. The van der Waals surface area contributed by atoms with Crippen molar-refractivity contribution in [3.63, 3.8) is 0 Å². The highest BCUT2D eigenvalue weighted by atomic mass is 35.5. The van der Waals surface area contributed by atoms with Crippen molar-refractivity contribution in [3.05, 3.63) is 130 Å². The van der Waals surface area contributed by atoms with Crippen LogP contribution in [0.15, 0.2) is 102 Å². The number of halogens is 1. The van der Waals surface area contributed by atoms with Crippen molar-refractivity contribution in [1.29, 1.82) is 0 Å². The molecule has 0 saturated carbocycles. The number of ether oxygens (including phenoxy) is 1. The van der Waals surface area contributed by atoms with Crippen LogP contribution in [-0.2, 0) is 19.8 Å². The number of amides is 3. The number of nitrogens with zero attached hydrogens (tertiary/aromatic N) is 2. The summed E-state index contributed by atoms with van der Waals surface area (Å²) in [5.74, 6) is -3.20. The first kappa shape index (κ1) is 26.8. The molecule has 2 bridgehead atoms. The number of hydrogen-bond donors (Lipinski definition) is 1. The van der Waals surface area contributed by atoms with E-state index >= 15 is 0 Å². The smallest absolute Gasteiger partial charge is 0.308 e. The first-order chi connectivity index (χ1) is 20.8. The largest absolute Gasteiger partial charge is 0.427 e. The monoisotopic (exact) mass is 589 g/mol. The van der Waals surface area contributed by atoms with Crippen molar-refractivity contribution in [1.82, 2.24) is 5.43 Å². The molecule has 4 aliphatic rings. The third kappa shape index (κ3) is 3.94. The van der Waals surface area contributed by atoms with E-state index in [1.807, 2.05) is 48.5 Å². The Kier molecular flexibility index (Phi) is 6.25. The number of carbonyl (C=O) groups excluding carboxylic acids is 4. The van der Waals surface area contributed by atoms with Crippen LogP contribution < -0.4 is 15.1 Å². The van der Waals surface area contributed by atoms with Crippen LogP contribution in [0, 0.1) is 11.8 Å². The third-order valence-corrected chi connectivity index (χ3v) is 8.92. The zero-order valence-corrected chi connectivity index (χ0v) is 23.6. The van der Waals surface area contributed by atoms with Crippen LogP contribution >= 0.6 is 11.6 Å². The van der Waals surface area contributed by atoms with E-state index in [1.165, 1.54) is 11.8 Å². The van der Waals surface area contributed by atoms with Gasteiger partial charge in [0.05, 0.1) is 33.5 Å². The number of hydrazone groups is 1. The molecule has 0 unspecified atom stereocenters. The van der Waals surface area contributed by atoms with Gasteiger partial charge in [0.25, 0.3) is 5.91 Å². The molecular weight excluding hydrogens is 566 g/mol. The summed E-state index contributed by atoms with van der Waals surface area (Å²) in [5, 5.41) is 4.71. The van der Waals surface area contributed by atoms with Crippen LogP contribution in [0.25, 0.3) is 0 Å². The molecule has 2 atom stereocenters. The Hall–Kier alpha value is -5.08. The summed E-state index contributed by atoms with van der Waals surface area (Å²) >= 11 is 6.23. The van der Waals surface area contributed by atoms with E-state index < -0.39 is 29.1 Å². The van der Waals surface area contributed by atoms with Crippen molar-refractivity contribution in [2.75, 3.05) is 4.90 Å². The van der Waals surface area contributed by atoms with Gasteiger partial charge in [-0.2, -0.15) is 5.10 Å². The molecular formula is C34H24ClN3O5. The van der Waals surface area contributed by atoms with Gasteiger partial charge in [-0.25, -0.2) is 10.3 Å². The average Bonchev–Trinajstić information content (AvgIpc) is 3.28. The van der Waals surface area contributed by atoms with Crippen molar-refractivity contribution in [2.24, 2.45) is 16.9 Å². The summed E-state index contributed by atoms with van der Waals surface area (Å²) in [7, 11) is 0. The molecule has 43 heavy (non-hydrogen) atoms. The molecule has 1 heterocycles. The molecule has 0 aromatic heterocycles. The maximum atomic E-state index is 14.4. The topological polar surface area (TPSA) is 105 Å². The van der Waals surface area contributed by atoms with E-state index in [1.54, 1.807) is 54.7 Å². The Morgan fingerprint density at radius 2 is 1.47 bits per heavy atom. The third-order valence-electron chi connectivity index (χ3n) is 8.59. The number of rotatable bonds is 5. The first-order valence-electron chi connectivity index (χ1n) is 13.8. The van der Waals surface area contributed by atoms with E-state index in [0.717, 1.165) is 22.3 Å². The number of imide groups is 1. The number of benzene rings is 4. The number of hydrogen-bond acceptors (Lipinski definition) is 6. The van der Waals surface area contributed by atoms with Crippen LogP contribution in [0.2, 0.25) is 5.02 Å². The minimum absolute atomic E-state index is 0.264. The summed E-state index contributed by atoms with van der Waals surface area (Å²) in [6.45, 7) is 1.30. The van der Waals surface area contributed by atoms with Crippen molar-refractivity contribution < 1.29 is 23.9 Å². The van der Waals surface area contributed by atoms with E-state index in [4.69, 9.17) is 16.3 Å². The second kappa shape index (κ2) is 10.0. The number of esters is 1. The molecule has 8 rings (SSSR count). The van der Waals surface area contributed by atoms with Gasteiger partial charge in [-0.15, -0.1) is 0 Å². The van der Waals surface area contributed by atoms with Gasteiger partial charge in [-0.1, -0.05) is 72.3 Å². The zero-order valence-electron chi connectivity index (χ0n) is 22.9. The maximum Gasteiger partial charge on any atom is 0.308 e. The lowest BCUT2D eigenvalue weighted by molar-refractivity contribution is -0.132. The molecule has 1 aliphatic heterocycles. The molecule has 3 aliphatic carbocycles. The van der Waals surface area contributed by atoms with Crippen LogP contribution in [-0.4, -0.2) is 29.9 Å². The standard InChI is InChI=1S/C34H24ClN3O5/c1-19(39)43-21-16-14-20(15-17-21)38-32(41)29-28-22-8-2-5-11-25(22)34(30(29)33(38)42,26-12-6-3-9-23(26)28)18-36-37-31(40)24-10-4-7-13-27(24)35/h2-18,28-30H,1H3,(H,37,40)/b36-18-/t28?,29-,30-,34?/m0/s1. The Morgan fingerprint density at radius 3 is 2.09 bits per heavy atom. The molecule has 4 aromatic carbocycles. The van der Waals surface area contributed by atoms with Crippen molar-refractivity contribution >= 4 is 47.2 Å². The van der Waals surface area contributed by atoms with E-state index in [-0.39, 0.29) is 28.3 Å². The van der Waals surface area contributed by atoms with Crippen LogP contribution in [0.5, 0.6) is 5.75 Å². The fraction of sp³-hybridized carbons (Fsp3) is 0.147. The molecule has 3 amide bonds. The minimum atomic E-state index is -1.14. The van der Waals surface area contributed by atoms with Gasteiger partial charge in [0.15, 0.2) is 0 Å². The molecule has 212 valence electrons. The van der Waals surface area contributed by atoms with Gasteiger partial charge in [-0.3, -0.25) is 19.2 Å². The highest BCUT2D eigenvalue weighted by Crippen LogP contribution is 2.63. The first-order valence-corrected chi connectivity index (χ1v) is 14.1. The minimum Gasteiger partial charge on any atom is -0.427 e. The average molecular weight is 590 g/mol. The Balaban J connectivity index is 1.36. The highest BCUT2D eigenvalue weighted by molar-refractivity contribution is 6.33. The second-order valence-electron chi connectivity index (χ2n) is 10.8. The molecule has 1 fully saturated rings. The van der Waals surface area contributed by atoms with Gasteiger partial charge in [0, 0.05) is 19.1 Å². The van der Waals surface area contributed by atoms with Gasteiger partial charge in [0.2, 0.25) is 11.8 Å². The summed E-state index contributed by atoms with van der Waals surface area (Å²) in [6, 6.07) is 28.5. The number of anilines is 1. The van der Waals surface area contributed by atoms with Crippen LogP contribution in [0.4, 0.5) is 5.69 Å². The molecule has 0 spiro atoms. The normalized spacial score (nSPS) is 23.1. The van der Waals surface area contributed by atoms with Crippen LogP contribution in [0.3, 0.4) is 0 Å². The fourth-order valence-corrected chi connectivity index (χ4v) is 7.25. The van der Waals surface area contributed by atoms with Gasteiger partial charge in [-0.05, 0) is 58.7 Å². The van der Waals surface area contributed by atoms with Crippen molar-refractivity contribution in [3.8, 4) is 5.75 Å². The quantitative estimate of drug-likeness (QED) is 0.113. The summed E-state index contributed by atoms with van der Waals surface area (Å²) in [4.78, 5) is 54.3. The second-order valence-corrected chi connectivity index (χ2v) is 11.2. The summed E-state index contributed by atoms with van der Waals surface area (Å²) in [5.41, 5.74) is 5.71. The van der Waals surface area contributed by atoms with Crippen LogP contribution in [0.1, 0.15) is 45.5 Å². The summed E-state index contributed by atoms with van der Waals surface area (Å²) < 4.78 is 5.14. The lowest BCUT2D eigenvalue weighted by Gasteiger charge is -2.52. The van der Waals surface area contributed by atoms with Crippen molar-refractivity contribution in [2.45, 2.75) is 18.3 Å². The van der Waals surface area contributed by atoms with E-state index in [2.05, 4.69) is 10.5 Å². The Labute approximate surface area is 251 Å². The molecule has 8 nitrogen and oxygen atoms in total. The highest BCUT2D eigenvalue weighted by Gasteiger charge is 2.68. The molecule has 0 radical (unpaired) electrons. The number of nitrogens with one attached hydrogen (secondary N) is 1. The van der Waals surface area contributed by atoms with E-state index in [9.17, 15) is 19.2 Å². The maximum absolute atomic E-state index is 14.4. The molecule has 1 N–H and O–H groups in total.